The molecular weight excluding hydrogens is 478 g/mol. The molecular formula is C30H39N5O3. The second-order valence-corrected chi connectivity index (χ2v) is 9.27. The lowest BCUT2D eigenvalue weighted by Crippen LogP contribution is -2.28. The number of aromatic nitrogens is 2. The molecule has 2 heterocycles. The van der Waals surface area contributed by atoms with Crippen molar-refractivity contribution >= 4 is 11.6 Å². The maximum absolute atomic E-state index is 6.34. The molecule has 1 aliphatic rings. The predicted molar refractivity (Wildman–Crippen MR) is 153 cm³/mol. The first-order chi connectivity index (χ1) is 18.6. The predicted octanol–water partition coefficient (Wildman–Crippen LogP) is 5.39. The smallest absolute Gasteiger partial charge is 0.227 e. The van der Waals surface area contributed by atoms with Gasteiger partial charge in [-0.2, -0.15) is 0 Å². The second-order valence-electron chi connectivity index (χ2n) is 9.27. The van der Waals surface area contributed by atoms with Gasteiger partial charge in [0.1, 0.15) is 12.4 Å². The number of methoxy groups -OCH3 is 1. The van der Waals surface area contributed by atoms with Crippen molar-refractivity contribution in [2.75, 3.05) is 58.9 Å². The van der Waals surface area contributed by atoms with Gasteiger partial charge in [0.25, 0.3) is 0 Å². The molecule has 3 aromatic rings. The molecule has 0 amide bonds. The topological polar surface area (TPSA) is 72.0 Å². The Bertz CT molecular complexity index is 1210. The van der Waals surface area contributed by atoms with E-state index in [0.29, 0.717) is 31.5 Å². The SMILES string of the molecule is CCN(CC)CCOc1c2cc(cc1OC)Nc1nccc(n1)-c1cccc(c1)OCCC=CCN(C)C2. The Kier molecular flexibility index (Phi) is 9.95. The molecule has 202 valence electrons. The highest BCUT2D eigenvalue weighted by atomic mass is 16.5. The van der Waals surface area contributed by atoms with Crippen LogP contribution in [0.2, 0.25) is 0 Å². The lowest BCUT2D eigenvalue weighted by molar-refractivity contribution is 0.214. The maximum atomic E-state index is 6.34. The van der Waals surface area contributed by atoms with Gasteiger partial charge >= 0.3 is 0 Å². The molecule has 38 heavy (non-hydrogen) atoms. The second kappa shape index (κ2) is 13.8. The van der Waals surface area contributed by atoms with E-state index >= 15 is 0 Å². The molecule has 0 saturated carbocycles. The number of fused-ring (bicyclic) bond motifs is 7. The molecule has 0 atom stereocenters. The summed E-state index contributed by atoms with van der Waals surface area (Å²) in [6.45, 7) is 9.89. The van der Waals surface area contributed by atoms with E-state index in [2.05, 4.69) is 59.2 Å². The van der Waals surface area contributed by atoms with Gasteiger partial charge in [-0.25, -0.2) is 9.97 Å². The van der Waals surface area contributed by atoms with Crippen molar-refractivity contribution in [2.45, 2.75) is 26.8 Å². The largest absolute Gasteiger partial charge is 0.493 e. The number of nitrogens with one attached hydrogen (secondary N) is 1. The summed E-state index contributed by atoms with van der Waals surface area (Å²) in [5.41, 5.74) is 3.67. The zero-order chi connectivity index (χ0) is 26.7. The third kappa shape index (κ3) is 7.46. The zero-order valence-corrected chi connectivity index (χ0v) is 22.9. The molecule has 8 nitrogen and oxygen atoms in total. The molecule has 0 unspecified atom stereocenters. The summed E-state index contributed by atoms with van der Waals surface area (Å²) in [5.74, 6) is 2.79. The van der Waals surface area contributed by atoms with Crippen molar-refractivity contribution in [3.05, 3.63) is 66.4 Å². The quantitative estimate of drug-likeness (QED) is 0.419. The minimum atomic E-state index is 0.509. The summed E-state index contributed by atoms with van der Waals surface area (Å²) >= 11 is 0. The molecule has 0 radical (unpaired) electrons. The summed E-state index contributed by atoms with van der Waals surface area (Å²) in [6.07, 6.45) is 6.95. The van der Waals surface area contributed by atoms with Gasteiger partial charge in [-0.3, -0.25) is 4.90 Å². The van der Waals surface area contributed by atoms with Gasteiger partial charge in [-0.1, -0.05) is 38.1 Å². The van der Waals surface area contributed by atoms with Crippen LogP contribution in [-0.4, -0.2) is 73.3 Å². The molecule has 1 aromatic heterocycles. The van der Waals surface area contributed by atoms with Gasteiger partial charge in [0.05, 0.1) is 19.4 Å². The summed E-state index contributed by atoms with van der Waals surface area (Å²) in [5, 5.41) is 3.38. The van der Waals surface area contributed by atoms with Crippen LogP contribution in [0.15, 0.2) is 60.8 Å². The van der Waals surface area contributed by atoms with E-state index in [1.165, 1.54) is 0 Å². The molecule has 2 aromatic carbocycles. The van der Waals surface area contributed by atoms with Gasteiger partial charge in [0.15, 0.2) is 11.5 Å². The monoisotopic (exact) mass is 517 g/mol. The van der Waals surface area contributed by atoms with Crippen molar-refractivity contribution in [1.82, 2.24) is 19.8 Å². The highest BCUT2D eigenvalue weighted by molar-refractivity contribution is 5.66. The number of nitrogens with zero attached hydrogens (tertiary/aromatic N) is 4. The van der Waals surface area contributed by atoms with Crippen molar-refractivity contribution in [1.29, 1.82) is 0 Å². The lowest BCUT2D eigenvalue weighted by atomic mass is 10.1. The van der Waals surface area contributed by atoms with Gasteiger partial charge in [-0.15, -0.1) is 0 Å². The molecule has 8 heteroatoms. The van der Waals surface area contributed by atoms with Crippen LogP contribution in [-0.2, 0) is 6.54 Å². The average molecular weight is 518 g/mol. The van der Waals surface area contributed by atoms with Gasteiger partial charge in [0.2, 0.25) is 5.95 Å². The maximum Gasteiger partial charge on any atom is 0.227 e. The summed E-state index contributed by atoms with van der Waals surface area (Å²) in [4.78, 5) is 13.8. The van der Waals surface area contributed by atoms with Crippen molar-refractivity contribution in [3.63, 3.8) is 0 Å². The van der Waals surface area contributed by atoms with Crippen molar-refractivity contribution in [3.8, 4) is 28.5 Å². The minimum absolute atomic E-state index is 0.509. The van der Waals surface area contributed by atoms with Crippen LogP contribution >= 0.6 is 0 Å². The molecule has 0 aliphatic carbocycles. The van der Waals surface area contributed by atoms with Gasteiger partial charge in [-0.05, 0) is 50.8 Å². The summed E-state index contributed by atoms with van der Waals surface area (Å²) in [7, 11) is 3.78. The van der Waals surface area contributed by atoms with Crippen molar-refractivity contribution in [2.24, 2.45) is 0 Å². The first-order valence-corrected chi connectivity index (χ1v) is 13.3. The highest BCUT2D eigenvalue weighted by Gasteiger charge is 2.16. The Labute approximate surface area is 226 Å². The van der Waals surface area contributed by atoms with Crippen LogP contribution in [0.1, 0.15) is 25.8 Å². The van der Waals surface area contributed by atoms with E-state index in [9.17, 15) is 0 Å². The van der Waals surface area contributed by atoms with E-state index in [1.54, 1.807) is 13.3 Å². The number of likely N-dealkylation sites (N-methyl/N-ethyl adjacent to an activating group) is 2. The summed E-state index contributed by atoms with van der Waals surface area (Å²) < 4.78 is 18.1. The first kappa shape index (κ1) is 27.4. The highest BCUT2D eigenvalue weighted by Crippen LogP contribution is 2.36. The van der Waals surface area contributed by atoms with Crippen LogP contribution < -0.4 is 19.5 Å². The van der Waals surface area contributed by atoms with Crippen LogP contribution in [0.4, 0.5) is 11.6 Å². The van der Waals surface area contributed by atoms with E-state index < -0.39 is 0 Å². The van der Waals surface area contributed by atoms with E-state index in [-0.39, 0.29) is 0 Å². The minimum Gasteiger partial charge on any atom is -0.493 e. The molecule has 6 bridgehead atoms. The van der Waals surface area contributed by atoms with Crippen LogP contribution in [0.5, 0.6) is 17.2 Å². The summed E-state index contributed by atoms with van der Waals surface area (Å²) in [6, 6.07) is 13.9. The normalized spacial score (nSPS) is 14.2. The van der Waals surface area contributed by atoms with E-state index in [0.717, 1.165) is 66.6 Å². The Balaban J connectivity index is 1.68. The lowest BCUT2D eigenvalue weighted by Gasteiger charge is -2.23. The molecule has 4 rings (SSSR count). The molecule has 0 fully saturated rings. The fourth-order valence-corrected chi connectivity index (χ4v) is 4.41. The number of hydrogen-bond acceptors (Lipinski definition) is 8. The Morgan fingerprint density at radius 2 is 1.97 bits per heavy atom. The Hall–Kier alpha value is -3.62. The fraction of sp³-hybridized carbons (Fsp3) is 0.400. The van der Waals surface area contributed by atoms with Crippen LogP contribution in [0.3, 0.4) is 0 Å². The van der Waals surface area contributed by atoms with E-state index in [4.69, 9.17) is 19.2 Å². The standard InChI is InChI=1S/C30H39N5O3/c1-5-35(6-2)16-18-38-29-24-19-25(21-28(29)36-4)32-30-31-14-13-27(33-30)23-11-10-12-26(20-23)37-17-9-7-8-15-34(3)22-24/h7-8,10-14,19-21H,5-6,9,15-18,22H2,1-4H3,(H,31,32,33). The third-order valence-corrected chi connectivity index (χ3v) is 6.52. The molecule has 0 spiro atoms. The van der Waals surface area contributed by atoms with Crippen LogP contribution in [0.25, 0.3) is 11.3 Å². The molecule has 1 N–H and O–H groups in total. The zero-order valence-electron chi connectivity index (χ0n) is 22.9. The van der Waals surface area contributed by atoms with Crippen molar-refractivity contribution < 1.29 is 14.2 Å². The Morgan fingerprint density at radius 3 is 2.79 bits per heavy atom. The number of rotatable bonds is 7. The Morgan fingerprint density at radius 1 is 1.11 bits per heavy atom. The third-order valence-electron chi connectivity index (χ3n) is 6.52. The number of anilines is 2. The van der Waals surface area contributed by atoms with Gasteiger partial charge in [0, 0.05) is 48.7 Å². The molecule has 0 saturated heterocycles. The average Bonchev–Trinajstić information content (AvgIpc) is 2.93. The number of hydrogen-bond donors (Lipinski definition) is 1. The fourth-order valence-electron chi connectivity index (χ4n) is 4.41. The first-order valence-electron chi connectivity index (χ1n) is 13.3. The van der Waals surface area contributed by atoms with E-state index in [1.807, 2.05) is 36.4 Å². The number of benzene rings is 2. The van der Waals surface area contributed by atoms with Gasteiger partial charge < -0.3 is 24.4 Å². The number of ether oxygens (including phenoxy) is 3. The van der Waals surface area contributed by atoms with Crippen LogP contribution in [0, 0.1) is 0 Å². The molecule has 1 aliphatic heterocycles.